The number of hydrogen-bond acceptors (Lipinski definition) is 6. The third kappa shape index (κ3) is 4.90. The number of nitrogens with two attached hydrogens (primary N) is 1. The van der Waals surface area contributed by atoms with Crippen molar-refractivity contribution < 1.29 is 9.59 Å². The fourth-order valence-corrected chi connectivity index (χ4v) is 1.82. The minimum absolute atomic E-state index is 0. The van der Waals surface area contributed by atoms with Crippen LogP contribution in [-0.4, -0.2) is 38.4 Å². The Balaban J connectivity index is 0.00000242. The van der Waals surface area contributed by atoms with E-state index in [4.69, 9.17) is 5.73 Å². The van der Waals surface area contributed by atoms with Crippen LogP contribution in [0.4, 0.5) is 0 Å². The molecule has 0 saturated heterocycles. The molecule has 3 N–H and O–H groups in total. The van der Waals surface area contributed by atoms with Crippen molar-refractivity contribution in [3.05, 3.63) is 42.2 Å². The maximum Gasteiger partial charge on any atom is 0.235 e. The molecule has 9 heteroatoms. The number of nitrogens with zero attached hydrogens (tertiary/aromatic N) is 4. The number of aryl methyl sites for hydroxylation is 1. The SMILES string of the molecule is Cl.NCC(=O)NC(C(=O)CCc1ccccc1)n1ncnn1. The molecular formula is C13H17ClN6O2. The number of halogens is 1. The second-order valence-electron chi connectivity index (χ2n) is 4.38. The molecule has 0 spiro atoms. The lowest BCUT2D eigenvalue weighted by Crippen LogP contribution is -2.41. The summed E-state index contributed by atoms with van der Waals surface area (Å²) in [6.45, 7) is -0.211. The van der Waals surface area contributed by atoms with Crippen molar-refractivity contribution in [1.82, 2.24) is 25.5 Å². The van der Waals surface area contributed by atoms with Crippen molar-refractivity contribution in [3.63, 3.8) is 0 Å². The van der Waals surface area contributed by atoms with Crippen LogP contribution in [0.3, 0.4) is 0 Å². The smallest absolute Gasteiger partial charge is 0.235 e. The molecule has 1 aromatic heterocycles. The second-order valence-corrected chi connectivity index (χ2v) is 4.38. The molecule has 118 valence electrons. The van der Waals surface area contributed by atoms with Gasteiger partial charge in [0.05, 0.1) is 6.54 Å². The molecule has 1 aromatic carbocycles. The number of nitrogens with one attached hydrogen (secondary N) is 1. The van der Waals surface area contributed by atoms with Crippen LogP contribution in [0.25, 0.3) is 0 Å². The summed E-state index contributed by atoms with van der Waals surface area (Å²) in [4.78, 5) is 24.8. The summed E-state index contributed by atoms with van der Waals surface area (Å²) in [5.41, 5.74) is 6.29. The van der Waals surface area contributed by atoms with Crippen LogP contribution in [0, 0.1) is 0 Å². The topological polar surface area (TPSA) is 116 Å². The molecule has 1 amide bonds. The molecule has 0 bridgehead atoms. The van der Waals surface area contributed by atoms with Crippen molar-refractivity contribution in [3.8, 4) is 0 Å². The predicted molar refractivity (Wildman–Crippen MR) is 81.1 cm³/mol. The van der Waals surface area contributed by atoms with Gasteiger partial charge in [-0.1, -0.05) is 30.3 Å². The van der Waals surface area contributed by atoms with Gasteiger partial charge in [-0.25, -0.2) is 0 Å². The van der Waals surface area contributed by atoms with E-state index in [0.717, 1.165) is 10.4 Å². The molecule has 0 saturated carbocycles. The van der Waals surface area contributed by atoms with E-state index in [-0.39, 0.29) is 31.2 Å². The Bertz CT molecular complexity index is 590. The number of carbonyl (C=O) groups excluding carboxylic acids is 2. The number of amides is 1. The summed E-state index contributed by atoms with van der Waals surface area (Å²) in [5.74, 6) is -0.663. The molecule has 0 aliphatic rings. The minimum atomic E-state index is -0.979. The first kappa shape index (κ1) is 17.7. The number of aromatic nitrogens is 4. The third-order valence-electron chi connectivity index (χ3n) is 2.89. The van der Waals surface area contributed by atoms with Gasteiger partial charge in [0.25, 0.3) is 0 Å². The number of benzene rings is 1. The normalized spacial score (nSPS) is 11.3. The molecule has 2 aromatic rings. The first-order chi connectivity index (χ1) is 10.2. The van der Waals surface area contributed by atoms with Crippen molar-refractivity contribution >= 4 is 24.1 Å². The standard InChI is InChI=1S/C13H16N6O2.ClH/c14-8-12(21)17-13(19-16-9-15-18-19)11(20)7-6-10-4-2-1-3-5-10;/h1-5,9,13H,6-8,14H2,(H,17,21);1H. The van der Waals surface area contributed by atoms with Crippen LogP contribution in [0.1, 0.15) is 18.2 Å². The molecule has 1 atom stereocenters. The number of Topliss-reactive ketones (excluding diaryl/α,β-unsaturated/α-hetero) is 1. The zero-order valence-corrected chi connectivity index (χ0v) is 12.6. The average molecular weight is 325 g/mol. The molecule has 2 rings (SSSR count). The van der Waals surface area contributed by atoms with Gasteiger partial charge in [0.1, 0.15) is 0 Å². The Kier molecular flexibility index (Phi) is 7.14. The van der Waals surface area contributed by atoms with Crippen LogP contribution in [0.15, 0.2) is 36.7 Å². The highest BCUT2D eigenvalue weighted by Crippen LogP contribution is 2.08. The Morgan fingerprint density at radius 2 is 2.00 bits per heavy atom. The fraction of sp³-hybridized carbons (Fsp3) is 0.308. The van der Waals surface area contributed by atoms with E-state index in [1.54, 1.807) is 0 Å². The van der Waals surface area contributed by atoms with Crippen LogP contribution in [0.2, 0.25) is 0 Å². The summed E-state index contributed by atoms with van der Waals surface area (Å²) in [6.07, 6.45) is 1.04. The molecule has 1 heterocycles. The molecule has 0 aliphatic heterocycles. The molecule has 1 unspecified atom stereocenters. The summed E-state index contributed by atoms with van der Waals surface area (Å²) >= 11 is 0. The second kappa shape index (κ2) is 8.85. The fourth-order valence-electron chi connectivity index (χ4n) is 1.82. The van der Waals surface area contributed by atoms with Crippen LogP contribution < -0.4 is 11.1 Å². The molecule has 0 aliphatic carbocycles. The van der Waals surface area contributed by atoms with Crippen molar-refractivity contribution in [1.29, 1.82) is 0 Å². The Hall–Kier alpha value is -2.32. The Labute approximate surface area is 133 Å². The summed E-state index contributed by atoms with van der Waals surface area (Å²) in [7, 11) is 0. The van der Waals surface area contributed by atoms with E-state index < -0.39 is 12.1 Å². The van der Waals surface area contributed by atoms with Gasteiger partial charge in [-0.3, -0.25) is 9.59 Å². The summed E-state index contributed by atoms with van der Waals surface area (Å²) in [5, 5.41) is 13.5. The van der Waals surface area contributed by atoms with Gasteiger partial charge in [0, 0.05) is 6.42 Å². The maximum absolute atomic E-state index is 12.3. The lowest BCUT2D eigenvalue weighted by atomic mass is 10.1. The number of rotatable bonds is 7. The van der Waals surface area contributed by atoms with Crippen LogP contribution in [0.5, 0.6) is 0 Å². The molecule has 22 heavy (non-hydrogen) atoms. The summed E-state index contributed by atoms with van der Waals surface area (Å²) < 4.78 is 0. The lowest BCUT2D eigenvalue weighted by Gasteiger charge is -2.15. The maximum atomic E-state index is 12.3. The molecule has 8 nitrogen and oxygen atoms in total. The van der Waals surface area contributed by atoms with E-state index in [1.165, 1.54) is 6.33 Å². The van der Waals surface area contributed by atoms with Gasteiger partial charge >= 0.3 is 0 Å². The van der Waals surface area contributed by atoms with Gasteiger partial charge in [0.2, 0.25) is 12.1 Å². The monoisotopic (exact) mass is 324 g/mol. The first-order valence-electron chi connectivity index (χ1n) is 6.49. The van der Waals surface area contributed by atoms with E-state index >= 15 is 0 Å². The highest BCUT2D eigenvalue weighted by atomic mass is 35.5. The van der Waals surface area contributed by atoms with Crippen molar-refractivity contribution in [2.75, 3.05) is 6.54 Å². The van der Waals surface area contributed by atoms with E-state index in [1.807, 2.05) is 30.3 Å². The largest absolute Gasteiger partial charge is 0.325 e. The van der Waals surface area contributed by atoms with E-state index in [0.29, 0.717) is 6.42 Å². The number of tetrazole rings is 1. The lowest BCUT2D eigenvalue weighted by molar-refractivity contribution is -0.130. The minimum Gasteiger partial charge on any atom is -0.325 e. The average Bonchev–Trinajstić information content (AvgIpc) is 3.05. The van der Waals surface area contributed by atoms with E-state index in [9.17, 15) is 9.59 Å². The number of carbonyl (C=O) groups is 2. The highest BCUT2D eigenvalue weighted by Gasteiger charge is 2.23. The number of ketones is 1. The molecule has 0 fully saturated rings. The molecule has 0 radical (unpaired) electrons. The zero-order chi connectivity index (χ0) is 15.1. The third-order valence-corrected chi connectivity index (χ3v) is 2.89. The Morgan fingerprint density at radius 3 is 2.59 bits per heavy atom. The quantitative estimate of drug-likeness (QED) is 0.733. The molecular weight excluding hydrogens is 308 g/mol. The summed E-state index contributed by atoms with van der Waals surface area (Å²) in [6, 6.07) is 9.61. The van der Waals surface area contributed by atoms with Gasteiger partial charge in [-0.15, -0.1) is 27.4 Å². The van der Waals surface area contributed by atoms with Gasteiger partial charge < -0.3 is 11.1 Å². The van der Waals surface area contributed by atoms with Crippen LogP contribution in [-0.2, 0) is 16.0 Å². The zero-order valence-electron chi connectivity index (χ0n) is 11.8. The van der Waals surface area contributed by atoms with Gasteiger partial charge in [-0.05, 0) is 17.2 Å². The van der Waals surface area contributed by atoms with Gasteiger partial charge in [0.15, 0.2) is 12.1 Å². The van der Waals surface area contributed by atoms with Gasteiger partial charge in [-0.2, -0.15) is 0 Å². The highest BCUT2D eigenvalue weighted by molar-refractivity contribution is 5.88. The van der Waals surface area contributed by atoms with Crippen molar-refractivity contribution in [2.24, 2.45) is 5.73 Å². The van der Waals surface area contributed by atoms with Crippen LogP contribution >= 0.6 is 12.4 Å². The van der Waals surface area contributed by atoms with E-state index in [2.05, 4.69) is 20.7 Å². The first-order valence-corrected chi connectivity index (χ1v) is 6.49. The van der Waals surface area contributed by atoms with Crippen molar-refractivity contribution in [2.45, 2.75) is 19.0 Å². The Morgan fingerprint density at radius 1 is 1.27 bits per heavy atom. The predicted octanol–water partition coefficient (Wildman–Crippen LogP) is -0.130. The number of hydrogen-bond donors (Lipinski definition) is 2.